The van der Waals surface area contributed by atoms with Gasteiger partial charge in [0.25, 0.3) is 0 Å². The van der Waals surface area contributed by atoms with E-state index >= 15 is 0 Å². The number of hydrazine groups is 1. The van der Waals surface area contributed by atoms with Crippen molar-refractivity contribution in [1.29, 1.82) is 0 Å². The van der Waals surface area contributed by atoms with Crippen LogP contribution in [-0.2, 0) is 21.3 Å². The second-order valence-corrected chi connectivity index (χ2v) is 5.95. The molecule has 0 bridgehead atoms. The Bertz CT molecular complexity index is 856. The van der Waals surface area contributed by atoms with Crippen LogP contribution in [0.3, 0.4) is 0 Å². The van der Waals surface area contributed by atoms with Gasteiger partial charge >= 0.3 is 6.18 Å². The number of nitrogens with zero attached hydrogens (tertiary/aromatic N) is 3. The Kier molecular flexibility index (Phi) is 6.76. The van der Waals surface area contributed by atoms with Gasteiger partial charge in [-0.1, -0.05) is 10.9 Å². The highest BCUT2D eigenvalue weighted by Crippen LogP contribution is 2.29. The van der Waals surface area contributed by atoms with E-state index in [9.17, 15) is 17.4 Å². The molecule has 2 rings (SSSR count). The standard InChI is InChI=1S/C14H16F3N6O3S/c1-8(7-24)18-13-19-11(14(15,16)17)6-12(20-13)22-21-9-2-4-10(5-3-9)23-27(25)26/h2-6,8,21,24H,7H2,1H3,(H,23,25,26)(H2,18,19,20,22)/q-1/t8-/m1/s1. The van der Waals surface area contributed by atoms with Crippen molar-refractivity contribution in [3.8, 4) is 0 Å². The summed E-state index contributed by atoms with van der Waals surface area (Å²) in [5.74, 6) is -0.453. The summed E-state index contributed by atoms with van der Waals surface area (Å²) < 4.78 is 61.7. The Hall–Kier alpha value is -2.64. The van der Waals surface area contributed by atoms with Crippen LogP contribution < -0.4 is 16.2 Å². The van der Waals surface area contributed by atoms with Crippen LogP contribution in [0, 0.1) is 0 Å². The van der Waals surface area contributed by atoms with Gasteiger partial charge in [-0.05, 0) is 31.2 Å². The van der Waals surface area contributed by atoms with Gasteiger partial charge in [0, 0.05) is 17.8 Å². The molecule has 2 aromatic rings. The molecule has 0 radical (unpaired) electrons. The van der Waals surface area contributed by atoms with Crippen LogP contribution in [0.15, 0.2) is 34.7 Å². The Labute approximate surface area is 154 Å². The molecule has 1 heterocycles. The SMILES string of the molecule is C[C@H](CO)Nc1nc(NNc2ccc(N=[S-](=O)O)cc2)cc(C(F)(F)F)n1. The molecule has 0 fully saturated rings. The van der Waals surface area contributed by atoms with Crippen LogP contribution in [0.1, 0.15) is 12.6 Å². The monoisotopic (exact) mass is 405 g/mol. The molecular weight excluding hydrogens is 389 g/mol. The van der Waals surface area contributed by atoms with Gasteiger partial charge in [0.2, 0.25) is 5.95 Å². The molecule has 0 spiro atoms. The molecule has 0 unspecified atom stereocenters. The first-order valence-electron chi connectivity index (χ1n) is 7.46. The van der Waals surface area contributed by atoms with Gasteiger partial charge in [-0.25, -0.2) is 4.98 Å². The summed E-state index contributed by atoms with van der Waals surface area (Å²) in [4.78, 5) is 7.30. The summed E-state index contributed by atoms with van der Waals surface area (Å²) in [5.41, 5.74) is 4.72. The second-order valence-electron chi connectivity index (χ2n) is 5.31. The summed E-state index contributed by atoms with van der Waals surface area (Å²) >= 11 is 0. The fraction of sp³-hybridized carbons (Fsp3) is 0.286. The Balaban J connectivity index is 2.18. The molecule has 27 heavy (non-hydrogen) atoms. The summed E-state index contributed by atoms with van der Waals surface area (Å²) in [6.45, 7) is 1.25. The number of hydrogen-bond acceptors (Lipinski definition) is 9. The molecule has 5 N–H and O–H groups in total. The third kappa shape index (κ3) is 6.54. The van der Waals surface area contributed by atoms with Crippen molar-refractivity contribution in [3.63, 3.8) is 0 Å². The molecule has 148 valence electrons. The minimum atomic E-state index is -4.68. The second kappa shape index (κ2) is 8.83. The van der Waals surface area contributed by atoms with E-state index < -0.39 is 28.8 Å². The van der Waals surface area contributed by atoms with Gasteiger partial charge in [0.1, 0.15) is 0 Å². The maximum Gasteiger partial charge on any atom is 0.433 e. The Morgan fingerprint density at radius 3 is 2.44 bits per heavy atom. The van der Waals surface area contributed by atoms with E-state index in [2.05, 4.69) is 30.5 Å². The van der Waals surface area contributed by atoms with Crippen LogP contribution in [0.4, 0.5) is 36.3 Å². The zero-order valence-corrected chi connectivity index (χ0v) is 14.7. The van der Waals surface area contributed by atoms with E-state index in [1.54, 1.807) is 6.92 Å². The normalized spacial score (nSPS) is 13.9. The first-order valence-corrected chi connectivity index (χ1v) is 8.52. The molecule has 0 saturated heterocycles. The molecule has 0 aliphatic heterocycles. The minimum absolute atomic E-state index is 0.157. The van der Waals surface area contributed by atoms with Gasteiger partial charge < -0.3 is 23.5 Å². The summed E-state index contributed by atoms with van der Waals surface area (Å²) in [7, 11) is -2.34. The molecular formula is C14H16F3N6O3S-. The molecule has 1 aromatic carbocycles. The van der Waals surface area contributed by atoms with Crippen molar-refractivity contribution in [2.45, 2.75) is 19.1 Å². The lowest BCUT2D eigenvalue weighted by Gasteiger charge is -2.16. The number of alkyl halides is 3. The number of aromatic nitrogens is 2. The van der Waals surface area contributed by atoms with E-state index in [1.807, 2.05) is 0 Å². The van der Waals surface area contributed by atoms with Gasteiger partial charge in [0.05, 0.1) is 12.3 Å². The molecule has 13 heteroatoms. The smallest absolute Gasteiger partial charge is 0.433 e. The maximum atomic E-state index is 13.0. The lowest BCUT2D eigenvalue weighted by atomic mass is 10.3. The molecule has 0 amide bonds. The fourth-order valence-corrected chi connectivity index (χ4v) is 2.12. The number of halogens is 3. The molecule has 9 nitrogen and oxygen atoms in total. The van der Waals surface area contributed by atoms with Crippen molar-refractivity contribution in [2.24, 2.45) is 4.36 Å². The number of aliphatic hydroxyl groups excluding tert-OH is 1. The summed E-state index contributed by atoms with van der Waals surface area (Å²) in [6.07, 6.45) is -4.68. The highest BCUT2D eigenvalue weighted by Gasteiger charge is 2.33. The largest absolute Gasteiger partial charge is 0.454 e. The lowest BCUT2D eigenvalue weighted by molar-refractivity contribution is -0.141. The average molecular weight is 405 g/mol. The molecule has 0 saturated carbocycles. The Morgan fingerprint density at radius 2 is 1.89 bits per heavy atom. The average Bonchev–Trinajstić information content (AvgIpc) is 2.59. The lowest BCUT2D eigenvalue weighted by Crippen LogP contribution is -2.23. The predicted molar refractivity (Wildman–Crippen MR) is 93.7 cm³/mol. The first kappa shape index (κ1) is 20.7. The topological polar surface area (TPSA) is 132 Å². The van der Waals surface area contributed by atoms with Gasteiger partial charge in [-0.15, -0.1) is 0 Å². The van der Waals surface area contributed by atoms with Crippen molar-refractivity contribution in [2.75, 3.05) is 22.8 Å². The van der Waals surface area contributed by atoms with Crippen molar-refractivity contribution >= 4 is 34.0 Å². The number of rotatable bonds is 7. The van der Waals surface area contributed by atoms with Gasteiger partial charge in [-0.2, -0.15) is 18.2 Å². The van der Waals surface area contributed by atoms with Crippen LogP contribution in [0.5, 0.6) is 0 Å². The molecule has 1 atom stereocenters. The quantitative estimate of drug-likeness (QED) is 0.270. The minimum Gasteiger partial charge on any atom is -0.454 e. The van der Waals surface area contributed by atoms with Gasteiger partial charge in [-0.3, -0.25) is 10.9 Å². The van der Waals surface area contributed by atoms with Crippen LogP contribution in [0.25, 0.3) is 0 Å². The van der Waals surface area contributed by atoms with Crippen LogP contribution in [-0.4, -0.2) is 32.3 Å². The van der Waals surface area contributed by atoms with Gasteiger partial charge in [0.15, 0.2) is 11.5 Å². The Morgan fingerprint density at radius 1 is 1.22 bits per heavy atom. The first-order chi connectivity index (χ1) is 12.7. The third-order valence-electron chi connectivity index (χ3n) is 3.05. The van der Waals surface area contributed by atoms with E-state index in [0.29, 0.717) is 5.69 Å². The number of benzene rings is 1. The van der Waals surface area contributed by atoms with Crippen molar-refractivity contribution in [3.05, 3.63) is 36.0 Å². The zero-order valence-electron chi connectivity index (χ0n) is 13.9. The number of hydrogen-bond donors (Lipinski definition) is 5. The highest BCUT2D eigenvalue weighted by atomic mass is 32.2. The summed E-state index contributed by atoms with van der Waals surface area (Å²) in [5, 5.41) is 11.6. The van der Waals surface area contributed by atoms with Crippen molar-refractivity contribution < 1.29 is 27.0 Å². The predicted octanol–water partition coefficient (Wildman–Crippen LogP) is 2.98. The highest BCUT2D eigenvalue weighted by molar-refractivity contribution is 7.68. The third-order valence-corrected chi connectivity index (χ3v) is 3.42. The van der Waals surface area contributed by atoms with E-state index in [4.69, 9.17) is 9.66 Å². The van der Waals surface area contributed by atoms with E-state index in [-0.39, 0.29) is 24.1 Å². The fourth-order valence-electron chi connectivity index (χ4n) is 1.82. The van der Waals surface area contributed by atoms with Crippen molar-refractivity contribution in [1.82, 2.24) is 9.97 Å². The van der Waals surface area contributed by atoms with Crippen LogP contribution >= 0.6 is 0 Å². The maximum absolute atomic E-state index is 13.0. The van der Waals surface area contributed by atoms with E-state index in [0.717, 1.165) is 6.07 Å². The number of anilines is 3. The number of aliphatic hydroxyl groups is 1. The van der Waals surface area contributed by atoms with E-state index in [1.165, 1.54) is 24.3 Å². The molecule has 1 aromatic heterocycles. The molecule has 0 aliphatic carbocycles. The number of nitrogens with one attached hydrogen (secondary N) is 3. The van der Waals surface area contributed by atoms with Crippen LogP contribution in [0.2, 0.25) is 0 Å². The molecule has 0 aliphatic rings. The summed E-state index contributed by atoms with van der Waals surface area (Å²) in [6, 6.07) is 6.06. The zero-order chi connectivity index (χ0) is 20.0.